The number of rotatable bonds is 7. The number of likely N-dealkylation sites (N-methyl/N-ethyl adjacent to an activating group) is 1. The van der Waals surface area contributed by atoms with Crippen molar-refractivity contribution < 1.29 is 9.53 Å². The molecular weight excluding hydrogens is 498 g/mol. The second-order valence-electron chi connectivity index (χ2n) is 9.90. The number of carbonyl (C=O) groups excluding carboxylic acids is 1. The van der Waals surface area contributed by atoms with Gasteiger partial charge in [0.25, 0.3) is 11.5 Å². The number of H-pyrrole nitrogens is 1. The predicted molar refractivity (Wildman–Crippen MR) is 148 cm³/mol. The van der Waals surface area contributed by atoms with Gasteiger partial charge >= 0.3 is 0 Å². The van der Waals surface area contributed by atoms with E-state index in [1.807, 2.05) is 26.8 Å². The molecule has 36 heavy (non-hydrogen) atoms. The second-order valence-corrected chi connectivity index (χ2v) is 11.3. The maximum absolute atomic E-state index is 13.9. The number of aromatic amines is 1. The molecule has 0 radical (unpaired) electrons. The zero-order chi connectivity index (χ0) is 26.0. The number of amides is 1. The molecule has 0 spiro atoms. The third kappa shape index (κ3) is 5.59. The third-order valence-electron chi connectivity index (χ3n) is 7.35. The summed E-state index contributed by atoms with van der Waals surface area (Å²) in [6.07, 6.45) is 1.96. The molecule has 0 aromatic carbocycles. The van der Waals surface area contributed by atoms with Crippen molar-refractivity contribution in [1.29, 1.82) is 0 Å². The standard InChI is InChI=1S/C26H38ClN5O3S/c1-6-31(20-7-13-35-14-8-20)25-19(4)22(26(36-25)30-11-9-29(5)10-12-30)24(34)32(27)16-21-17(2)15-18(3)28-23(21)33/h15,20H,6-14,16H2,1-5H3,(H,28,33). The molecule has 198 valence electrons. The molecule has 0 atom stereocenters. The van der Waals surface area contributed by atoms with Crippen LogP contribution in [-0.2, 0) is 11.3 Å². The van der Waals surface area contributed by atoms with Gasteiger partial charge in [0.15, 0.2) is 0 Å². The second kappa shape index (κ2) is 11.5. The Hall–Kier alpha value is -2.07. The molecule has 2 aliphatic heterocycles. The lowest BCUT2D eigenvalue weighted by molar-refractivity contribution is 0.0844. The van der Waals surface area contributed by atoms with Gasteiger partial charge in [0, 0.05) is 75.0 Å². The van der Waals surface area contributed by atoms with E-state index in [9.17, 15) is 9.59 Å². The zero-order valence-electron chi connectivity index (χ0n) is 22.0. The number of carbonyl (C=O) groups is 1. The van der Waals surface area contributed by atoms with Gasteiger partial charge in [0.1, 0.15) is 5.00 Å². The van der Waals surface area contributed by atoms with E-state index in [1.165, 1.54) is 4.42 Å². The van der Waals surface area contributed by atoms with Crippen LogP contribution in [0.25, 0.3) is 0 Å². The highest BCUT2D eigenvalue weighted by atomic mass is 35.5. The zero-order valence-corrected chi connectivity index (χ0v) is 23.6. The summed E-state index contributed by atoms with van der Waals surface area (Å²) in [5.41, 5.74) is 3.54. The maximum atomic E-state index is 13.9. The minimum atomic E-state index is -0.256. The van der Waals surface area contributed by atoms with E-state index in [2.05, 4.69) is 33.7 Å². The van der Waals surface area contributed by atoms with E-state index in [4.69, 9.17) is 16.5 Å². The number of pyridine rings is 1. The fourth-order valence-electron chi connectivity index (χ4n) is 5.22. The molecular formula is C26H38ClN5O3S. The van der Waals surface area contributed by atoms with Crippen molar-refractivity contribution in [3.8, 4) is 0 Å². The van der Waals surface area contributed by atoms with Gasteiger partial charge in [0.2, 0.25) is 0 Å². The van der Waals surface area contributed by atoms with Crippen LogP contribution < -0.4 is 15.4 Å². The fraction of sp³-hybridized carbons (Fsp3) is 0.615. The van der Waals surface area contributed by atoms with Gasteiger partial charge in [-0.25, -0.2) is 4.42 Å². The van der Waals surface area contributed by atoms with Crippen LogP contribution in [0.3, 0.4) is 0 Å². The van der Waals surface area contributed by atoms with Crippen LogP contribution in [0.15, 0.2) is 10.9 Å². The molecule has 2 fully saturated rings. The molecule has 2 aliphatic rings. The molecule has 1 N–H and O–H groups in total. The summed E-state index contributed by atoms with van der Waals surface area (Å²) in [5, 5.41) is 2.11. The number of hydrogen-bond donors (Lipinski definition) is 1. The van der Waals surface area contributed by atoms with Crippen LogP contribution >= 0.6 is 23.1 Å². The number of anilines is 2. The topological polar surface area (TPSA) is 72.1 Å². The smallest absolute Gasteiger partial charge is 0.271 e. The Morgan fingerprint density at radius 1 is 1.19 bits per heavy atom. The Kier molecular flexibility index (Phi) is 8.65. The van der Waals surface area contributed by atoms with Gasteiger partial charge in [-0.1, -0.05) is 11.3 Å². The Labute approximate surface area is 222 Å². The molecule has 8 nitrogen and oxygen atoms in total. The molecule has 0 aliphatic carbocycles. The molecule has 0 bridgehead atoms. The van der Waals surface area contributed by atoms with Crippen molar-refractivity contribution in [2.24, 2.45) is 0 Å². The SMILES string of the molecule is CCN(c1sc(N2CCN(C)CC2)c(C(=O)N(Cl)Cc2c(C)cc(C)[nH]c2=O)c1C)C1CCOCC1. The summed E-state index contributed by atoms with van der Waals surface area (Å²) in [4.78, 5) is 36.4. The number of aromatic nitrogens is 1. The lowest BCUT2D eigenvalue weighted by atomic mass is 10.1. The molecule has 2 saturated heterocycles. The molecule has 10 heteroatoms. The number of halogens is 1. The predicted octanol–water partition coefficient (Wildman–Crippen LogP) is 3.91. The number of piperazine rings is 1. The van der Waals surface area contributed by atoms with Crippen LogP contribution in [0, 0.1) is 20.8 Å². The van der Waals surface area contributed by atoms with Crippen LogP contribution in [0.1, 0.15) is 52.5 Å². The first kappa shape index (κ1) is 27.0. The van der Waals surface area contributed by atoms with E-state index in [0.717, 1.165) is 85.6 Å². The van der Waals surface area contributed by atoms with Crippen molar-refractivity contribution in [3.63, 3.8) is 0 Å². The highest BCUT2D eigenvalue weighted by molar-refractivity contribution is 7.20. The number of aryl methyl sites for hydroxylation is 2. The number of nitrogens with zero attached hydrogens (tertiary/aromatic N) is 4. The largest absolute Gasteiger partial charge is 0.381 e. The van der Waals surface area contributed by atoms with Gasteiger partial charge in [-0.2, -0.15) is 0 Å². The summed E-state index contributed by atoms with van der Waals surface area (Å²) in [7, 11) is 2.13. The van der Waals surface area contributed by atoms with Crippen LogP contribution in [0.4, 0.5) is 10.0 Å². The first-order valence-electron chi connectivity index (χ1n) is 12.8. The molecule has 4 heterocycles. The first-order valence-corrected chi connectivity index (χ1v) is 13.9. The highest BCUT2D eigenvalue weighted by Gasteiger charge is 2.33. The number of thiophene rings is 1. The molecule has 4 rings (SSSR count). The van der Waals surface area contributed by atoms with Gasteiger partial charge in [0.05, 0.1) is 17.1 Å². The Bertz CT molecular complexity index is 1140. The quantitative estimate of drug-likeness (QED) is 0.542. The fourth-order valence-corrected chi connectivity index (χ4v) is 6.91. The average molecular weight is 536 g/mol. The third-order valence-corrected chi connectivity index (χ3v) is 9.01. The number of nitrogens with one attached hydrogen (secondary N) is 1. The van der Waals surface area contributed by atoms with E-state index >= 15 is 0 Å². The van der Waals surface area contributed by atoms with Crippen molar-refractivity contribution in [2.45, 2.75) is 53.1 Å². The van der Waals surface area contributed by atoms with Gasteiger partial charge in [-0.05, 0) is 64.8 Å². The number of ether oxygens (including phenoxy) is 1. The molecule has 2 aromatic heterocycles. The lowest BCUT2D eigenvalue weighted by Crippen LogP contribution is -2.44. The van der Waals surface area contributed by atoms with E-state index in [-0.39, 0.29) is 18.0 Å². The van der Waals surface area contributed by atoms with Gasteiger partial charge in [-0.3, -0.25) is 9.59 Å². The summed E-state index contributed by atoms with van der Waals surface area (Å²) < 4.78 is 6.78. The summed E-state index contributed by atoms with van der Waals surface area (Å²) in [5.74, 6) is -0.256. The lowest BCUT2D eigenvalue weighted by Gasteiger charge is -2.35. The maximum Gasteiger partial charge on any atom is 0.271 e. The van der Waals surface area contributed by atoms with Crippen molar-refractivity contribution in [2.75, 3.05) is 62.8 Å². The highest BCUT2D eigenvalue weighted by Crippen LogP contribution is 2.44. The first-order chi connectivity index (χ1) is 17.2. The summed E-state index contributed by atoms with van der Waals surface area (Å²) >= 11 is 8.34. The Morgan fingerprint density at radius 3 is 2.47 bits per heavy atom. The minimum absolute atomic E-state index is 0.0477. The van der Waals surface area contributed by atoms with Gasteiger partial charge in [-0.15, -0.1) is 0 Å². The van der Waals surface area contributed by atoms with Crippen LogP contribution in [0.2, 0.25) is 0 Å². The van der Waals surface area contributed by atoms with E-state index in [0.29, 0.717) is 17.2 Å². The van der Waals surface area contributed by atoms with Gasteiger partial charge < -0.3 is 24.4 Å². The number of hydrogen-bond acceptors (Lipinski definition) is 7. The summed E-state index contributed by atoms with van der Waals surface area (Å²) in [6, 6.07) is 2.30. The van der Waals surface area contributed by atoms with Crippen molar-refractivity contribution >= 4 is 39.0 Å². The van der Waals surface area contributed by atoms with Crippen molar-refractivity contribution in [3.05, 3.63) is 44.4 Å². The molecule has 1 amide bonds. The normalized spacial score (nSPS) is 17.4. The molecule has 2 aromatic rings. The van der Waals surface area contributed by atoms with E-state index < -0.39 is 0 Å². The summed E-state index contributed by atoms with van der Waals surface area (Å²) in [6.45, 7) is 14.0. The Morgan fingerprint density at radius 2 is 1.86 bits per heavy atom. The minimum Gasteiger partial charge on any atom is -0.381 e. The monoisotopic (exact) mass is 535 g/mol. The van der Waals surface area contributed by atoms with Crippen molar-refractivity contribution in [1.82, 2.24) is 14.3 Å². The van der Waals surface area contributed by atoms with Crippen LogP contribution in [0.5, 0.6) is 0 Å². The molecule has 0 unspecified atom stereocenters. The molecule has 0 saturated carbocycles. The Balaban J connectivity index is 1.70. The average Bonchev–Trinajstić information content (AvgIpc) is 3.19. The van der Waals surface area contributed by atoms with Crippen LogP contribution in [-0.4, -0.2) is 79.2 Å². The van der Waals surface area contributed by atoms with E-state index in [1.54, 1.807) is 11.3 Å².